The van der Waals surface area contributed by atoms with Crippen LogP contribution in [0.25, 0.3) is 0 Å². The number of amides is 1. The van der Waals surface area contributed by atoms with E-state index in [2.05, 4.69) is 15.6 Å². The monoisotopic (exact) mass is 357 g/mol. The van der Waals surface area contributed by atoms with E-state index in [1.807, 2.05) is 30.3 Å². The number of rotatable bonds is 5. The highest BCUT2D eigenvalue weighted by Crippen LogP contribution is 2.18. The minimum atomic E-state index is -0.0103. The van der Waals surface area contributed by atoms with E-state index in [-0.39, 0.29) is 5.91 Å². The molecule has 1 saturated carbocycles. The molecule has 5 heteroatoms. The van der Waals surface area contributed by atoms with E-state index in [0.29, 0.717) is 24.0 Å². The van der Waals surface area contributed by atoms with Crippen molar-refractivity contribution in [2.75, 3.05) is 5.32 Å². The van der Waals surface area contributed by atoms with Crippen LogP contribution in [0.3, 0.4) is 0 Å². The molecule has 4 nitrogen and oxygen atoms in total. The Balaban J connectivity index is 1.58. The van der Waals surface area contributed by atoms with Crippen molar-refractivity contribution in [1.29, 1.82) is 0 Å². The Labute approximate surface area is 154 Å². The van der Waals surface area contributed by atoms with Gasteiger partial charge in [-0.2, -0.15) is 0 Å². The van der Waals surface area contributed by atoms with Crippen molar-refractivity contribution in [2.45, 2.75) is 51.1 Å². The lowest BCUT2D eigenvalue weighted by Crippen LogP contribution is -2.34. The van der Waals surface area contributed by atoms with Gasteiger partial charge in [0.15, 0.2) is 0 Å². The SMILES string of the molecule is O=C(NC1CCCCCC1)c1ccnc(NCc2ccc(Cl)cc2)c1. The molecule has 1 aliphatic rings. The minimum absolute atomic E-state index is 0.0103. The molecule has 0 atom stereocenters. The van der Waals surface area contributed by atoms with Gasteiger partial charge in [-0.1, -0.05) is 49.4 Å². The fourth-order valence-electron chi connectivity index (χ4n) is 3.16. The molecule has 1 aliphatic carbocycles. The summed E-state index contributed by atoms with van der Waals surface area (Å²) >= 11 is 5.90. The zero-order valence-corrected chi connectivity index (χ0v) is 15.1. The number of hydrogen-bond acceptors (Lipinski definition) is 3. The molecular formula is C20H24ClN3O. The molecule has 0 bridgehead atoms. The van der Waals surface area contributed by atoms with E-state index < -0.39 is 0 Å². The number of pyridine rings is 1. The number of carbonyl (C=O) groups excluding carboxylic acids is 1. The Hall–Kier alpha value is -2.07. The first kappa shape index (κ1) is 17.7. The van der Waals surface area contributed by atoms with Crippen molar-refractivity contribution in [3.63, 3.8) is 0 Å². The second-order valence-corrected chi connectivity index (χ2v) is 7.01. The molecule has 1 heterocycles. The van der Waals surface area contributed by atoms with E-state index in [4.69, 9.17) is 11.6 Å². The van der Waals surface area contributed by atoms with Crippen LogP contribution in [0.5, 0.6) is 0 Å². The number of anilines is 1. The summed E-state index contributed by atoms with van der Waals surface area (Å²) in [5.41, 5.74) is 1.76. The Morgan fingerprint density at radius 1 is 1.08 bits per heavy atom. The normalized spacial score (nSPS) is 15.4. The van der Waals surface area contributed by atoms with Gasteiger partial charge in [0.25, 0.3) is 5.91 Å². The second kappa shape index (κ2) is 8.86. The zero-order valence-electron chi connectivity index (χ0n) is 14.3. The van der Waals surface area contributed by atoms with Crippen LogP contribution in [0, 0.1) is 0 Å². The summed E-state index contributed by atoms with van der Waals surface area (Å²) in [5, 5.41) is 7.15. The fraction of sp³-hybridized carbons (Fsp3) is 0.400. The Morgan fingerprint density at radius 3 is 2.52 bits per heavy atom. The number of nitrogens with one attached hydrogen (secondary N) is 2. The molecule has 1 aromatic carbocycles. The number of benzene rings is 1. The van der Waals surface area contributed by atoms with Crippen molar-refractivity contribution in [1.82, 2.24) is 10.3 Å². The largest absolute Gasteiger partial charge is 0.366 e. The van der Waals surface area contributed by atoms with Crippen molar-refractivity contribution in [3.8, 4) is 0 Å². The van der Waals surface area contributed by atoms with Gasteiger partial charge in [-0.05, 0) is 42.7 Å². The summed E-state index contributed by atoms with van der Waals surface area (Å²) < 4.78 is 0. The molecule has 2 N–H and O–H groups in total. The van der Waals surface area contributed by atoms with Gasteiger partial charge in [0.05, 0.1) is 0 Å². The molecule has 0 unspecified atom stereocenters. The third-order valence-corrected chi connectivity index (χ3v) is 4.85. The highest BCUT2D eigenvalue weighted by molar-refractivity contribution is 6.30. The van der Waals surface area contributed by atoms with Gasteiger partial charge in [0.1, 0.15) is 5.82 Å². The van der Waals surface area contributed by atoms with Crippen molar-refractivity contribution >= 4 is 23.3 Å². The molecule has 1 amide bonds. The van der Waals surface area contributed by atoms with E-state index in [0.717, 1.165) is 23.4 Å². The van der Waals surface area contributed by atoms with E-state index in [1.54, 1.807) is 12.3 Å². The van der Waals surface area contributed by atoms with E-state index in [1.165, 1.54) is 25.7 Å². The lowest BCUT2D eigenvalue weighted by atomic mass is 10.1. The molecule has 0 radical (unpaired) electrons. The summed E-state index contributed by atoms with van der Waals surface area (Å²) in [6.45, 7) is 0.637. The van der Waals surface area contributed by atoms with Crippen molar-refractivity contribution < 1.29 is 4.79 Å². The topological polar surface area (TPSA) is 54.0 Å². The number of carbonyl (C=O) groups is 1. The second-order valence-electron chi connectivity index (χ2n) is 6.57. The van der Waals surface area contributed by atoms with Crippen molar-refractivity contribution in [3.05, 3.63) is 58.7 Å². The van der Waals surface area contributed by atoms with Gasteiger partial charge >= 0.3 is 0 Å². The first-order chi connectivity index (χ1) is 12.2. The summed E-state index contributed by atoms with van der Waals surface area (Å²) in [4.78, 5) is 16.8. The average molecular weight is 358 g/mol. The van der Waals surface area contributed by atoms with Crippen LogP contribution in [0.2, 0.25) is 5.02 Å². The standard InChI is InChI=1S/C20H24ClN3O/c21-17-9-7-15(8-10-17)14-23-19-13-16(11-12-22-19)20(25)24-18-5-3-1-2-4-6-18/h7-13,18H,1-6,14H2,(H,22,23)(H,24,25). The van der Waals surface area contributed by atoms with Crippen LogP contribution >= 0.6 is 11.6 Å². The first-order valence-electron chi connectivity index (χ1n) is 8.96. The molecule has 2 aromatic rings. The Morgan fingerprint density at radius 2 is 1.80 bits per heavy atom. The third-order valence-electron chi connectivity index (χ3n) is 4.60. The number of nitrogens with zero attached hydrogens (tertiary/aromatic N) is 1. The summed E-state index contributed by atoms with van der Waals surface area (Å²) in [6.07, 6.45) is 8.80. The zero-order chi connectivity index (χ0) is 17.5. The predicted octanol–water partition coefficient (Wildman–Crippen LogP) is 4.80. The number of hydrogen-bond donors (Lipinski definition) is 2. The smallest absolute Gasteiger partial charge is 0.251 e. The molecular weight excluding hydrogens is 334 g/mol. The maximum atomic E-state index is 12.5. The Kier molecular flexibility index (Phi) is 6.29. The van der Waals surface area contributed by atoms with Gasteiger partial charge in [0.2, 0.25) is 0 Å². The predicted molar refractivity (Wildman–Crippen MR) is 102 cm³/mol. The molecule has 132 valence electrons. The minimum Gasteiger partial charge on any atom is -0.366 e. The number of aromatic nitrogens is 1. The van der Waals surface area contributed by atoms with Gasteiger partial charge in [-0.3, -0.25) is 4.79 Å². The Bertz CT molecular complexity index is 694. The van der Waals surface area contributed by atoms with Crippen LogP contribution in [0.4, 0.5) is 5.82 Å². The van der Waals surface area contributed by atoms with E-state index >= 15 is 0 Å². The molecule has 1 aromatic heterocycles. The molecule has 0 aliphatic heterocycles. The molecule has 25 heavy (non-hydrogen) atoms. The van der Waals surface area contributed by atoms with Crippen LogP contribution in [0.1, 0.15) is 54.4 Å². The van der Waals surface area contributed by atoms with Crippen molar-refractivity contribution in [2.24, 2.45) is 0 Å². The highest BCUT2D eigenvalue weighted by atomic mass is 35.5. The molecule has 0 spiro atoms. The van der Waals surface area contributed by atoms with Gasteiger partial charge in [0, 0.05) is 29.4 Å². The summed E-state index contributed by atoms with van der Waals surface area (Å²) in [7, 11) is 0. The maximum absolute atomic E-state index is 12.5. The third kappa shape index (κ3) is 5.46. The van der Waals surface area contributed by atoms with Gasteiger partial charge < -0.3 is 10.6 Å². The first-order valence-corrected chi connectivity index (χ1v) is 9.34. The maximum Gasteiger partial charge on any atom is 0.251 e. The molecule has 0 saturated heterocycles. The molecule has 1 fully saturated rings. The van der Waals surface area contributed by atoms with Crippen LogP contribution in [-0.4, -0.2) is 16.9 Å². The average Bonchev–Trinajstić information content (AvgIpc) is 2.90. The lowest BCUT2D eigenvalue weighted by molar-refractivity contribution is 0.0933. The summed E-state index contributed by atoms with van der Waals surface area (Å²) in [5.74, 6) is 0.687. The van der Waals surface area contributed by atoms with Gasteiger partial charge in [-0.25, -0.2) is 4.98 Å². The fourth-order valence-corrected chi connectivity index (χ4v) is 3.28. The quantitative estimate of drug-likeness (QED) is 0.756. The van der Waals surface area contributed by atoms with Gasteiger partial charge in [-0.15, -0.1) is 0 Å². The number of halogens is 1. The van der Waals surface area contributed by atoms with Crippen LogP contribution in [0.15, 0.2) is 42.6 Å². The molecule has 3 rings (SSSR count). The van der Waals surface area contributed by atoms with Crippen LogP contribution < -0.4 is 10.6 Å². The van der Waals surface area contributed by atoms with E-state index in [9.17, 15) is 4.79 Å². The highest BCUT2D eigenvalue weighted by Gasteiger charge is 2.16. The van der Waals surface area contributed by atoms with Crippen LogP contribution in [-0.2, 0) is 6.54 Å². The lowest BCUT2D eigenvalue weighted by Gasteiger charge is -2.16. The summed E-state index contributed by atoms with van der Waals surface area (Å²) in [6, 6.07) is 11.5.